The highest BCUT2D eigenvalue weighted by Gasteiger charge is 2.16. The predicted octanol–water partition coefficient (Wildman–Crippen LogP) is 10.8. The number of hydrogen-bond donors (Lipinski definition) is 2. The maximum atomic E-state index is 12.1. The number of esters is 2. The largest absolute Gasteiger partial charge is 0.462 e. The maximum absolute atomic E-state index is 12.1. The molecule has 6 nitrogen and oxygen atoms in total. The van der Waals surface area contributed by atoms with Crippen LogP contribution in [-0.4, -0.2) is 47.6 Å². The van der Waals surface area contributed by atoms with Crippen LogP contribution in [0.5, 0.6) is 0 Å². The van der Waals surface area contributed by atoms with Crippen LogP contribution in [0.15, 0.2) is 72.9 Å². The molecule has 0 rings (SSSR count). The van der Waals surface area contributed by atoms with Crippen LogP contribution in [-0.2, 0) is 19.1 Å². The highest BCUT2D eigenvalue weighted by Crippen LogP contribution is 2.14. The quantitative estimate of drug-likeness (QED) is 0.0312. The van der Waals surface area contributed by atoms with Gasteiger partial charge in [0.1, 0.15) is 6.61 Å². The van der Waals surface area contributed by atoms with Crippen molar-refractivity contribution < 1.29 is 29.3 Å². The van der Waals surface area contributed by atoms with Crippen LogP contribution in [0.3, 0.4) is 0 Å². The summed E-state index contributed by atoms with van der Waals surface area (Å²) in [5.74, 6) is -0.876. The third kappa shape index (κ3) is 34.6. The molecule has 0 heterocycles. The van der Waals surface area contributed by atoms with Gasteiger partial charge in [0.05, 0.1) is 12.7 Å². The Morgan fingerprint density at radius 1 is 0.583 bits per heavy atom. The summed E-state index contributed by atoms with van der Waals surface area (Å²) < 4.78 is 10.4. The molecule has 0 saturated heterocycles. The van der Waals surface area contributed by atoms with E-state index in [2.05, 4.69) is 62.5 Å². The van der Waals surface area contributed by atoms with Crippen LogP contribution >= 0.6 is 0 Å². The van der Waals surface area contributed by atoms with Crippen molar-refractivity contribution in [2.24, 2.45) is 0 Å². The second-order valence-corrected chi connectivity index (χ2v) is 12.5. The fourth-order valence-corrected chi connectivity index (χ4v) is 4.96. The first-order valence-corrected chi connectivity index (χ1v) is 19.1. The van der Waals surface area contributed by atoms with Gasteiger partial charge >= 0.3 is 11.9 Å². The van der Waals surface area contributed by atoms with E-state index < -0.39 is 24.8 Å². The number of carbonyl (C=O) groups excluding carboxylic acids is 2. The number of unbranched alkanes of at least 4 members (excludes halogenated alkanes) is 13. The van der Waals surface area contributed by atoms with Crippen molar-refractivity contribution in [3.63, 3.8) is 0 Å². The van der Waals surface area contributed by atoms with Crippen LogP contribution in [0, 0.1) is 0 Å². The molecule has 0 bridgehead atoms. The fraction of sp³-hybridized carbons (Fsp3) is 0.667. The van der Waals surface area contributed by atoms with E-state index in [0.717, 1.165) is 51.4 Å². The number of carbonyl (C=O) groups is 2. The first-order valence-electron chi connectivity index (χ1n) is 19.1. The van der Waals surface area contributed by atoms with E-state index in [0.29, 0.717) is 6.42 Å². The summed E-state index contributed by atoms with van der Waals surface area (Å²) in [6.07, 6.45) is 45.7. The lowest BCUT2D eigenvalue weighted by molar-refractivity contribution is -0.161. The summed E-state index contributed by atoms with van der Waals surface area (Å²) in [4.78, 5) is 24.2. The molecule has 2 atom stereocenters. The SMILES string of the molecule is CC/C=C\C/C=C\C/C=C\C/C=C\C/C=C\C=C/C(O)CCC(=O)OC[C@H](CO)OC(=O)CCCCCCCCCCCCCCCC. The fourth-order valence-electron chi connectivity index (χ4n) is 4.96. The molecule has 0 saturated carbocycles. The Morgan fingerprint density at radius 3 is 1.56 bits per heavy atom. The van der Waals surface area contributed by atoms with Crippen molar-refractivity contribution in [1.82, 2.24) is 0 Å². The second-order valence-electron chi connectivity index (χ2n) is 12.5. The Labute approximate surface area is 294 Å². The molecule has 0 aromatic heterocycles. The Kier molecular flexibility index (Phi) is 35.0. The van der Waals surface area contributed by atoms with Crippen molar-refractivity contribution in [1.29, 1.82) is 0 Å². The van der Waals surface area contributed by atoms with Gasteiger partial charge < -0.3 is 19.7 Å². The van der Waals surface area contributed by atoms with Gasteiger partial charge in [0.2, 0.25) is 0 Å². The normalized spacial score (nSPS) is 13.7. The van der Waals surface area contributed by atoms with Crippen LogP contribution in [0.25, 0.3) is 0 Å². The van der Waals surface area contributed by atoms with E-state index in [9.17, 15) is 19.8 Å². The Hall–Kier alpha value is -2.70. The minimum Gasteiger partial charge on any atom is -0.462 e. The van der Waals surface area contributed by atoms with E-state index in [4.69, 9.17) is 9.47 Å². The van der Waals surface area contributed by atoms with Gasteiger partial charge in [0.15, 0.2) is 6.10 Å². The van der Waals surface area contributed by atoms with E-state index in [1.165, 1.54) is 70.6 Å². The minimum absolute atomic E-state index is 0.0301. The van der Waals surface area contributed by atoms with Crippen molar-refractivity contribution in [3.05, 3.63) is 72.9 Å². The lowest BCUT2D eigenvalue weighted by Crippen LogP contribution is -2.28. The van der Waals surface area contributed by atoms with Crippen molar-refractivity contribution in [2.45, 2.75) is 167 Å². The molecule has 0 aliphatic carbocycles. The van der Waals surface area contributed by atoms with E-state index in [1.54, 1.807) is 12.2 Å². The smallest absolute Gasteiger partial charge is 0.306 e. The number of aliphatic hydroxyl groups excluding tert-OH is 2. The molecule has 48 heavy (non-hydrogen) atoms. The highest BCUT2D eigenvalue weighted by atomic mass is 16.6. The Balaban J connectivity index is 3.83. The van der Waals surface area contributed by atoms with Crippen LogP contribution in [0.4, 0.5) is 0 Å². The van der Waals surface area contributed by atoms with Crippen molar-refractivity contribution in [2.75, 3.05) is 13.2 Å². The third-order valence-electron chi connectivity index (χ3n) is 7.88. The maximum Gasteiger partial charge on any atom is 0.306 e. The number of aliphatic hydroxyl groups is 2. The highest BCUT2D eigenvalue weighted by molar-refractivity contribution is 5.70. The van der Waals surface area contributed by atoms with Crippen molar-refractivity contribution in [3.8, 4) is 0 Å². The molecule has 0 spiro atoms. The molecule has 6 heteroatoms. The van der Waals surface area contributed by atoms with Gasteiger partial charge in [-0.3, -0.25) is 9.59 Å². The standard InChI is InChI=1S/C42H70O6/c1-3-5-7-9-11-13-15-17-19-20-21-23-25-27-29-31-33-39(44)35-36-41(45)47-38-40(37-43)48-42(46)34-32-30-28-26-24-22-18-16-14-12-10-8-6-4-2/h5,7,11,13,17,19,21,23,27,29,31,33,39-40,43-44H,3-4,6,8-10,12,14-16,18,20,22,24-26,28,30,32,34-38H2,1-2H3/b7-5-,13-11-,19-17-,23-21-,29-27-,33-31-/t39?,40-/m0/s1. The van der Waals surface area contributed by atoms with E-state index in [1.807, 2.05) is 12.2 Å². The summed E-state index contributed by atoms with van der Waals surface area (Å²) in [6, 6.07) is 0. The molecule has 1 unspecified atom stereocenters. The van der Waals surface area contributed by atoms with Gasteiger partial charge in [0.25, 0.3) is 0 Å². The molecule has 0 aromatic rings. The molecule has 0 aliphatic heterocycles. The minimum atomic E-state index is -0.867. The van der Waals surface area contributed by atoms with Gasteiger partial charge in [-0.15, -0.1) is 0 Å². The zero-order chi connectivity index (χ0) is 35.2. The third-order valence-corrected chi connectivity index (χ3v) is 7.88. The van der Waals surface area contributed by atoms with Crippen LogP contribution in [0.2, 0.25) is 0 Å². The predicted molar refractivity (Wildman–Crippen MR) is 202 cm³/mol. The lowest BCUT2D eigenvalue weighted by atomic mass is 10.0. The molecule has 0 amide bonds. The molecule has 0 fully saturated rings. The summed E-state index contributed by atoms with van der Waals surface area (Å²) in [5.41, 5.74) is 0. The van der Waals surface area contributed by atoms with Gasteiger partial charge in [0, 0.05) is 12.8 Å². The average molecular weight is 671 g/mol. The summed E-state index contributed by atoms with van der Waals surface area (Å²) >= 11 is 0. The molecule has 2 N–H and O–H groups in total. The molecule has 0 aromatic carbocycles. The van der Waals surface area contributed by atoms with Gasteiger partial charge in [-0.1, -0.05) is 170 Å². The van der Waals surface area contributed by atoms with Gasteiger partial charge in [-0.05, 0) is 44.9 Å². The molecule has 0 aliphatic rings. The van der Waals surface area contributed by atoms with Gasteiger partial charge in [-0.25, -0.2) is 0 Å². The van der Waals surface area contributed by atoms with Gasteiger partial charge in [-0.2, -0.15) is 0 Å². The first kappa shape index (κ1) is 45.3. The average Bonchev–Trinajstić information content (AvgIpc) is 3.09. The molecular formula is C42H70O6. The first-order chi connectivity index (χ1) is 23.5. The Morgan fingerprint density at radius 2 is 1.06 bits per heavy atom. The monoisotopic (exact) mass is 671 g/mol. The van der Waals surface area contributed by atoms with Crippen LogP contribution < -0.4 is 0 Å². The molecule has 0 radical (unpaired) electrons. The van der Waals surface area contributed by atoms with E-state index in [-0.39, 0.29) is 25.4 Å². The van der Waals surface area contributed by atoms with E-state index >= 15 is 0 Å². The molecule has 274 valence electrons. The summed E-state index contributed by atoms with van der Waals surface area (Å²) in [6.45, 7) is 3.80. The number of hydrogen-bond acceptors (Lipinski definition) is 6. The van der Waals surface area contributed by atoms with Crippen LogP contribution in [0.1, 0.15) is 155 Å². The number of ether oxygens (including phenoxy) is 2. The molecular weight excluding hydrogens is 600 g/mol. The Bertz CT molecular complexity index is 913. The lowest BCUT2D eigenvalue weighted by Gasteiger charge is -2.16. The number of allylic oxidation sites excluding steroid dienone is 11. The summed E-state index contributed by atoms with van der Waals surface area (Å²) in [5, 5.41) is 19.6. The summed E-state index contributed by atoms with van der Waals surface area (Å²) in [7, 11) is 0. The zero-order valence-electron chi connectivity index (χ0n) is 30.6. The zero-order valence-corrected chi connectivity index (χ0v) is 30.6. The topological polar surface area (TPSA) is 93.1 Å². The van der Waals surface area contributed by atoms with Crippen molar-refractivity contribution >= 4 is 11.9 Å². The second kappa shape index (κ2) is 37.1. The number of rotatable bonds is 33.